The van der Waals surface area contributed by atoms with Crippen molar-refractivity contribution in [1.82, 2.24) is 4.90 Å². The predicted octanol–water partition coefficient (Wildman–Crippen LogP) is 1.22. The summed E-state index contributed by atoms with van der Waals surface area (Å²) in [4.78, 5) is 13.5. The van der Waals surface area contributed by atoms with Gasteiger partial charge >= 0.3 is 5.97 Å². The summed E-state index contributed by atoms with van der Waals surface area (Å²) in [6.45, 7) is 4.08. The van der Waals surface area contributed by atoms with E-state index in [4.69, 9.17) is 9.47 Å². The molecule has 3 atom stereocenters. The van der Waals surface area contributed by atoms with Crippen molar-refractivity contribution < 1.29 is 19.4 Å². The van der Waals surface area contributed by atoms with Gasteiger partial charge in [0.2, 0.25) is 0 Å². The van der Waals surface area contributed by atoms with E-state index in [0.29, 0.717) is 13.2 Å². The minimum atomic E-state index is -0.676. The van der Waals surface area contributed by atoms with Crippen LogP contribution in [0.15, 0.2) is 0 Å². The summed E-state index contributed by atoms with van der Waals surface area (Å²) in [5.74, 6) is -0.925. The monoisotopic (exact) mass is 259 g/mol. The van der Waals surface area contributed by atoms with Gasteiger partial charge in [0.15, 0.2) is 0 Å². The van der Waals surface area contributed by atoms with Crippen molar-refractivity contribution in [2.75, 3.05) is 34.0 Å². The van der Waals surface area contributed by atoms with Gasteiger partial charge in [0, 0.05) is 32.8 Å². The van der Waals surface area contributed by atoms with Crippen LogP contribution in [0.4, 0.5) is 0 Å². The quantitative estimate of drug-likeness (QED) is 0.710. The molecule has 0 amide bonds. The number of aliphatic carboxylic acids is 1. The molecule has 0 aliphatic heterocycles. The molecule has 0 radical (unpaired) electrons. The Labute approximate surface area is 109 Å². The Morgan fingerprint density at radius 1 is 1.39 bits per heavy atom. The smallest absolute Gasteiger partial charge is 0.308 e. The number of rotatable bonds is 8. The second kappa shape index (κ2) is 7.71. The summed E-state index contributed by atoms with van der Waals surface area (Å²) in [5.41, 5.74) is 0. The standard InChI is InChI=1S/C13H25NO4/c1-10(9-18-3)14(7-8-17-2)12-6-4-5-11(12)13(15)16/h10-12H,4-9H2,1-3H3,(H,15,16). The maximum absolute atomic E-state index is 11.3. The maximum atomic E-state index is 11.3. The Bertz CT molecular complexity index is 259. The van der Waals surface area contributed by atoms with Crippen LogP contribution in [0.25, 0.3) is 0 Å². The van der Waals surface area contributed by atoms with Gasteiger partial charge in [-0.3, -0.25) is 9.69 Å². The predicted molar refractivity (Wildman–Crippen MR) is 68.7 cm³/mol. The molecule has 1 fully saturated rings. The average Bonchev–Trinajstić information content (AvgIpc) is 2.79. The third-order valence-corrected chi connectivity index (χ3v) is 3.75. The van der Waals surface area contributed by atoms with Gasteiger partial charge in [0.25, 0.3) is 0 Å². The topological polar surface area (TPSA) is 59.0 Å². The first-order valence-corrected chi connectivity index (χ1v) is 6.58. The number of hydrogen-bond acceptors (Lipinski definition) is 4. The molecule has 106 valence electrons. The number of hydrogen-bond donors (Lipinski definition) is 1. The highest BCUT2D eigenvalue weighted by Crippen LogP contribution is 2.31. The summed E-state index contributed by atoms with van der Waals surface area (Å²) >= 11 is 0. The molecule has 0 spiro atoms. The first kappa shape index (κ1) is 15.4. The van der Waals surface area contributed by atoms with Crippen molar-refractivity contribution in [2.45, 2.75) is 38.3 Å². The third kappa shape index (κ3) is 3.93. The van der Waals surface area contributed by atoms with Gasteiger partial charge in [-0.2, -0.15) is 0 Å². The normalized spacial score (nSPS) is 25.6. The van der Waals surface area contributed by atoms with Crippen molar-refractivity contribution in [3.8, 4) is 0 Å². The summed E-state index contributed by atoms with van der Waals surface area (Å²) in [6.07, 6.45) is 2.72. The molecular formula is C13H25NO4. The summed E-state index contributed by atoms with van der Waals surface area (Å²) in [6, 6.07) is 0.331. The summed E-state index contributed by atoms with van der Waals surface area (Å²) in [5, 5.41) is 9.28. The Morgan fingerprint density at radius 2 is 2.11 bits per heavy atom. The van der Waals surface area contributed by atoms with E-state index in [-0.39, 0.29) is 18.0 Å². The Morgan fingerprint density at radius 3 is 2.67 bits per heavy atom. The molecule has 0 heterocycles. The summed E-state index contributed by atoms with van der Waals surface area (Å²) in [7, 11) is 3.34. The van der Waals surface area contributed by atoms with E-state index in [2.05, 4.69) is 11.8 Å². The maximum Gasteiger partial charge on any atom is 0.308 e. The van der Waals surface area contributed by atoms with E-state index in [1.54, 1.807) is 14.2 Å². The van der Waals surface area contributed by atoms with E-state index in [1.807, 2.05) is 0 Å². The molecule has 5 nitrogen and oxygen atoms in total. The highest BCUT2D eigenvalue weighted by Gasteiger charge is 2.38. The highest BCUT2D eigenvalue weighted by molar-refractivity contribution is 5.71. The highest BCUT2D eigenvalue weighted by atomic mass is 16.5. The molecule has 1 aliphatic rings. The van der Waals surface area contributed by atoms with Crippen LogP contribution in [0.2, 0.25) is 0 Å². The second-order valence-electron chi connectivity index (χ2n) is 4.98. The number of nitrogens with zero attached hydrogens (tertiary/aromatic N) is 1. The van der Waals surface area contributed by atoms with Crippen molar-refractivity contribution in [2.24, 2.45) is 5.92 Å². The lowest BCUT2D eigenvalue weighted by Crippen LogP contribution is -2.48. The number of methoxy groups -OCH3 is 2. The molecule has 0 aromatic carbocycles. The van der Waals surface area contributed by atoms with Gasteiger partial charge in [0.1, 0.15) is 0 Å². The van der Waals surface area contributed by atoms with Crippen LogP contribution < -0.4 is 0 Å². The van der Waals surface area contributed by atoms with Crippen molar-refractivity contribution >= 4 is 5.97 Å². The lowest BCUT2D eigenvalue weighted by Gasteiger charge is -2.36. The minimum Gasteiger partial charge on any atom is -0.481 e. The molecular weight excluding hydrogens is 234 g/mol. The Hall–Kier alpha value is -0.650. The van der Waals surface area contributed by atoms with E-state index in [1.165, 1.54) is 0 Å². The second-order valence-corrected chi connectivity index (χ2v) is 4.98. The van der Waals surface area contributed by atoms with E-state index in [0.717, 1.165) is 25.8 Å². The van der Waals surface area contributed by atoms with Crippen LogP contribution >= 0.6 is 0 Å². The molecule has 1 rings (SSSR count). The summed E-state index contributed by atoms with van der Waals surface area (Å²) < 4.78 is 10.3. The van der Waals surface area contributed by atoms with Crippen molar-refractivity contribution in [3.63, 3.8) is 0 Å². The van der Waals surface area contributed by atoms with Gasteiger partial charge in [-0.25, -0.2) is 0 Å². The Balaban J connectivity index is 2.70. The fourth-order valence-electron chi connectivity index (χ4n) is 2.87. The van der Waals surface area contributed by atoms with Gasteiger partial charge in [0.05, 0.1) is 19.1 Å². The molecule has 1 N–H and O–H groups in total. The Kier molecular flexibility index (Phi) is 6.60. The number of carbonyl (C=O) groups is 1. The van der Waals surface area contributed by atoms with Crippen LogP contribution in [-0.4, -0.2) is 62.0 Å². The zero-order chi connectivity index (χ0) is 13.5. The van der Waals surface area contributed by atoms with Gasteiger partial charge in [-0.15, -0.1) is 0 Å². The largest absolute Gasteiger partial charge is 0.481 e. The van der Waals surface area contributed by atoms with Crippen LogP contribution in [0.5, 0.6) is 0 Å². The van der Waals surface area contributed by atoms with Crippen molar-refractivity contribution in [1.29, 1.82) is 0 Å². The van der Waals surface area contributed by atoms with Crippen LogP contribution in [0.3, 0.4) is 0 Å². The number of carboxylic acid groups (broad SMARTS) is 1. The SMILES string of the molecule is COCCN(C(C)COC)C1CCCC1C(=O)O. The molecule has 0 aromatic rings. The fourth-order valence-corrected chi connectivity index (χ4v) is 2.87. The molecule has 0 aromatic heterocycles. The van der Waals surface area contributed by atoms with Gasteiger partial charge in [-0.05, 0) is 19.8 Å². The first-order chi connectivity index (χ1) is 8.61. The first-order valence-electron chi connectivity index (χ1n) is 6.58. The number of carboxylic acids is 1. The van der Waals surface area contributed by atoms with Crippen LogP contribution in [0, 0.1) is 5.92 Å². The number of ether oxygens (including phenoxy) is 2. The molecule has 5 heteroatoms. The molecule has 0 saturated heterocycles. The van der Waals surface area contributed by atoms with E-state index >= 15 is 0 Å². The zero-order valence-electron chi connectivity index (χ0n) is 11.6. The van der Waals surface area contributed by atoms with E-state index < -0.39 is 5.97 Å². The molecule has 1 saturated carbocycles. The lowest BCUT2D eigenvalue weighted by atomic mass is 10.0. The van der Waals surface area contributed by atoms with Crippen molar-refractivity contribution in [3.05, 3.63) is 0 Å². The lowest BCUT2D eigenvalue weighted by molar-refractivity contribution is -0.144. The van der Waals surface area contributed by atoms with Gasteiger partial charge < -0.3 is 14.6 Å². The van der Waals surface area contributed by atoms with E-state index in [9.17, 15) is 9.90 Å². The third-order valence-electron chi connectivity index (χ3n) is 3.75. The molecule has 1 aliphatic carbocycles. The molecule has 0 bridgehead atoms. The molecule has 3 unspecified atom stereocenters. The van der Waals surface area contributed by atoms with Crippen LogP contribution in [0.1, 0.15) is 26.2 Å². The fraction of sp³-hybridized carbons (Fsp3) is 0.923. The average molecular weight is 259 g/mol. The molecule has 18 heavy (non-hydrogen) atoms. The minimum absolute atomic E-state index is 0.114. The zero-order valence-corrected chi connectivity index (χ0v) is 11.6. The van der Waals surface area contributed by atoms with Crippen LogP contribution in [-0.2, 0) is 14.3 Å². The van der Waals surface area contributed by atoms with Gasteiger partial charge in [-0.1, -0.05) is 6.42 Å².